The number of methoxy groups -OCH3 is 1. The maximum absolute atomic E-state index is 13.4. The van der Waals surface area contributed by atoms with E-state index in [1.54, 1.807) is 7.11 Å². The Morgan fingerprint density at radius 2 is 1.82 bits per heavy atom. The summed E-state index contributed by atoms with van der Waals surface area (Å²) in [6.07, 6.45) is 5.78. The van der Waals surface area contributed by atoms with Crippen molar-refractivity contribution in [1.29, 1.82) is 0 Å². The van der Waals surface area contributed by atoms with Crippen LogP contribution in [0.1, 0.15) is 61.5 Å². The molecule has 10 heteroatoms. The summed E-state index contributed by atoms with van der Waals surface area (Å²) in [5.74, 6) is 1.43. The first kappa shape index (κ1) is 26.0. The molecule has 0 saturated heterocycles. The molecule has 2 amide bonds. The van der Waals surface area contributed by atoms with E-state index >= 15 is 0 Å². The second-order valence-electron chi connectivity index (χ2n) is 10.4. The van der Waals surface area contributed by atoms with Crippen molar-refractivity contribution in [3.05, 3.63) is 35.8 Å². The van der Waals surface area contributed by atoms with Gasteiger partial charge in [-0.15, -0.1) is 0 Å². The molecule has 2 aliphatic carbocycles. The Bertz CT molecular complexity index is 1320. The van der Waals surface area contributed by atoms with E-state index < -0.39 is 6.10 Å². The van der Waals surface area contributed by atoms with Crippen LogP contribution in [0.25, 0.3) is 22.3 Å². The molecule has 38 heavy (non-hydrogen) atoms. The van der Waals surface area contributed by atoms with Crippen LogP contribution in [-0.4, -0.2) is 63.8 Å². The summed E-state index contributed by atoms with van der Waals surface area (Å²) < 4.78 is 11.6. The molecule has 10 nitrogen and oxygen atoms in total. The van der Waals surface area contributed by atoms with Gasteiger partial charge in [0.1, 0.15) is 35.1 Å². The summed E-state index contributed by atoms with van der Waals surface area (Å²) in [5.41, 5.74) is 3.94. The summed E-state index contributed by atoms with van der Waals surface area (Å²) in [6.45, 7) is 3.97. The number of aliphatic hydroxyl groups excluding tert-OH is 1. The van der Waals surface area contributed by atoms with Gasteiger partial charge in [-0.25, -0.2) is 9.97 Å². The molecule has 202 valence electrons. The minimum absolute atomic E-state index is 0.00289. The lowest BCUT2D eigenvalue weighted by Crippen LogP contribution is -2.46. The Morgan fingerprint density at radius 3 is 2.47 bits per heavy atom. The van der Waals surface area contributed by atoms with Crippen molar-refractivity contribution in [3.63, 3.8) is 0 Å². The van der Waals surface area contributed by atoms with Gasteiger partial charge in [0.05, 0.1) is 24.8 Å². The van der Waals surface area contributed by atoms with E-state index in [1.165, 1.54) is 26.1 Å². The molecule has 0 radical (unpaired) electrons. The third-order valence-corrected chi connectivity index (χ3v) is 7.40. The number of ether oxygens (including phenoxy) is 2. The average molecular weight is 522 g/mol. The summed E-state index contributed by atoms with van der Waals surface area (Å²) >= 11 is 0. The number of carbonyl (C=O) groups is 2. The minimum atomic E-state index is -1.03. The van der Waals surface area contributed by atoms with Crippen LogP contribution in [0, 0.1) is 12.8 Å². The van der Waals surface area contributed by atoms with E-state index in [4.69, 9.17) is 9.47 Å². The molecule has 0 aliphatic heterocycles. The van der Waals surface area contributed by atoms with Gasteiger partial charge in [-0.1, -0.05) is 0 Å². The van der Waals surface area contributed by atoms with Gasteiger partial charge in [-0.2, -0.15) is 0 Å². The Hall–Kier alpha value is -3.66. The molecule has 1 atom stereocenters. The van der Waals surface area contributed by atoms with Gasteiger partial charge in [-0.05, 0) is 70.4 Å². The number of nitrogens with one attached hydrogen (secondary N) is 3. The second kappa shape index (κ2) is 11.0. The highest BCUT2D eigenvalue weighted by atomic mass is 16.5. The summed E-state index contributed by atoms with van der Waals surface area (Å²) in [6, 6.07) is 5.67. The standard InChI is InChI=1S/C28H35N5O5/c1-15-23(28(36)33-19-8-6-18(7-9-19)32-27(35)16(2)34)25-26(31-15)24(29-14-30-25)21-11-10-20(37-3)12-22(21)38-13-17-4-5-17/h10-12,14,16-19,31,34H,4-9,13H2,1-3H3,(H,32,35)(H,33,36)/t16-,18-,19-/m0/s1. The predicted octanol–water partition coefficient (Wildman–Crippen LogP) is 3.27. The molecule has 0 spiro atoms. The van der Waals surface area contributed by atoms with Crippen molar-refractivity contribution in [2.45, 2.75) is 70.6 Å². The van der Waals surface area contributed by atoms with Crippen LogP contribution in [0.5, 0.6) is 11.5 Å². The number of aliphatic hydroxyl groups is 1. The molecular weight excluding hydrogens is 486 g/mol. The molecule has 3 aromatic rings. The average Bonchev–Trinajstić information content (AvgIpc) is 3.67. The number of carbonyl (C=O) groups excluding carboxylic acids is 2. The smallest absolute Gasteiger partial charge is 0.255 e. The molecule has 4 N–H and O–H groups in total. The quantitative estimate of drug-likeness (QED) is 0.339. The molecule has 1 aromatic carbocycles. The predicted molar refractivity (Wildman–Crippen MR) is 142 cm³/mol. The van der Waals surface area contributed by atoms with Crippen LogP contribution in [0.2, 0.25) is 0 Å². The molecule has 2 heterocycles. The Balaban J connectivity index is 1.35. The van der Waals surface area contributed by atoms with E-state index in [0.29, 0.717) is 52.0 Å². The van der Waals surface area contributed by atoms with Gasteiger partial charge in [-0.3, -0.25) is 9.59 Å². The van der Waals surface area contributed by atoms with Crippen LogP contribution in [0.3, 0.4) is 0 Å². The number of hydrogen-bond donors (Lipinski definition) is 4. The number of hydrogen-bond acceptors (Lipinski definition) is 7. The van der Waals surface area contributed by atoms with E-state index in [-0.39, 0.29) is 23.9 Å². The van der Waals surface area contributed by atoms with Crippen molar-refractivity contribution in [2.24, 2.45) is 5.92 Å². The number of rotatable bonds is 9. The molecule has 2 fully saturated rings. The highest BCUT2D eigenvalue weighted by Gasteiger charge is 2.28. The van der Waals surface area contributed by atoms with Gasteiger partial charge in [0, 0.05) is 29.4 Å². The van der Waals surface area contributed by atoms with Crippen LogP contribution in [0.15, 0.2) is 24.5 Å². The molecule has 2 aromatic heterocycles. The number of benzene rings is 1. The normalized spacial score (nSPS) is 20.1. The second-order valence-corrected chi connectivity index (χ2v) is 10.4. The molecule has 2 aliphatic rings. The highest BCUT2D eigenvalue weighted by molar-refractivity contribution is 6.09. The molecule has 0 unspecified atom stereocenters. The Morgan fingerprint density at radius 1 is 1.11 bits per heavy atom. The fourth-order valence-corrected chi connectivity index (χ4v) is 5.00. The van der Waals surface area contributed by atoms with Crippen LogP contribution < -0.4 is 20.1 Å². The van der Waals surface area contributed by atoms with Crippen molar-refractivity contribution >= 4 is 22.8 Å². The van der Waals surface area contributed by atoms with Crippen LogP contribution in [-0.2, 0) is 4.79 Å². The van der Waals surface area contributed by atoms with Crippen molar-refractivity contribution in [2.75, 3.05) is 13.7 Å². The topological polar surface area (TPSA) is 138 Å². The lowest BCUT2D eigenvalue weighted by atomic mass is 9.90. The lowest BCUT2D eigenvalue weighted by Gasteiger charge is -2.30. The highest BCUT2D eigenvalue weighted by Crippen LogP contribution is 2.38. The Labute approximate surface area is 221 Å². The SMILES string of the molecule is COc1ccc(-c2ncnc3c(C(=O)N[C@H]4CC[C@H](NC(=O)[C@H](C)O)CC4)c(C)[nH]c23)c(OCC2CC2)c1. The first-order chi connectivity index (χ1) is 18.3. The summed E-state index contributed by atoms with van der Waals surface area (Å²) in [4.78, 5) is 37.6. The van der Waals surface area contributed by atoms with Crippen molar-refractivity contribution < 1.29 is 24.2 Å². The van der Waals surface area contributed by atoms with E-state index in [9.17, 15) is 14.7 Å². The number of H-pyrrole nitrogens is 1. The minimum Gasteiger partial charge on any atom is -0.497 e. The summed E-state index contributed by atoms with van der Waals surface area (Å²) in [7, 11) is 1.62. The molecule has 0 bridgehead atoms. The van der Waals surface area contributed by atoms with E-state index in [2.05, 4.69) is 25.6 Å². The summed E-state index contributed by atoms with van der Waals surface area (Å²) in [5, 5.41) is 15.4. The van der Waals surface area contributed by atoms with Crippen molar-refractivity contribution in [1.82, 2.24) is 25.6 Å². The van der Waals surface area contributed by atoms with Gasteiger partial charge in [0.15, 0.2) is 0 Å². The van der Waals surface area contributed by atoms with Gasteiger partial charge >= 0.3 is 0 Å². The number of fused-ring (bicyclic) bond motifs is 1. The number of aromatic nitrogens is 3. The van der Waals surface area contributed by atoms with Crippen LogP contribution in [0.4, 0.5) is 0 Å². The van der Waals surface area contributed by atoms with E-state index in [0.717, 1.165) is 31.2 Å². The maximum Gasteiger partial charge on any atom is 0.255 e. The molecular formula is C28H35N5O5. The zero-order chi connectivity index (χ0) is 26.8. The largest absolute Gasteiger partial charge is 0.497 e. The first-order valence-corrected chi connectivity index (χ1v) is 13.3. The zero-order valence-corrected chi connectivity index (χ0v) is 22.0. The third kappa shape index (κ3) is 5.60. The number of aryl methyl sites for hydroxylation is 1. The third-order valence-electron chi connectivity index (χ3n) is 7.40. The number of amides is 2. The lowest BCUT2D eigenvalue weighted by molar-refractivity contribution is -0.129. The van der Waals surface area contributed by atoms with Gasteiger partial charge in [0.2, 0.25) is 5.91 Å². The van der Waals surface area contributed by atoms with Gasteiger partial charge < -0.3 is 30.2 Å². The number of aromatic amines is 1. The monoisotopic (exact) mass is 521 g/mol. The number of nitrogens with zero attached hydrogens (tertiary/aromatic N) is 2. The molecule has 2 saturated carbocycles. The maximum atomic E-state index is 13.4. The Kier molecular flexibility index (Phi) is 7.51. The fraction of sp³-hybridized carbons (Fsp3) is 0.500. The van der Waals surface area contributed by atoms with Crippen LogP contribution >= 0.6 is 0 Å². The molecule has 5 rings (SSSR count). The first-order valence-electron chi connectivity index (χ1n) is 13.3. The van der Waals surface area contributed by atoms with Gasteiger partial charge in [0.25, 0.3) is 5.91 Å². The fourth-order valence-electron chi connectivity index (χ4n) is 5.00. The van der Waals surface area contributed by atoms with Crippen molar-refractivity contribution in [3.8, 4) is 22.8 Å². The zero-order valence-electron chi connectivity index (χ0n) is 22.0. The van der Waals surface area contributed by atoms with E-state index in [1.807, 2.05) is 25.1 Å².